The molecule has 1 aromatic heterocycles. The molecule has 0 spiro atoms. The fourth-order valence-electron chi connectivity index (χ4n) is 1.99. The number of hydrogen-bond acceptors (Lipinski definition) is 4. The van der Waals surface area contributed by atoms with E-state index in [9.17, 15) is 0 Å². The Labute approximate surface area is 125 Å². The molecule has 0 aliphatic rings. The number of anilines is 1. The predicted molar refractivity (Wildman–Crippen MR) is 85.9 cm³/mol. The van der Waals surface area contributed by atoms with E-state index in [1.807, 2.05) is 6.20 Å². The number of hydrogen-bond donors (Lipinski definition) is 1. The van der Waals surface area contributed by atoms with Gasteiger partial charge < -0.3 is 10.1 Å². The second kappa shape index (κ2) is 6.75. The zero-order chi connectivity index (χ0) is 14.5. The maximum absolute atomic E-state index is 5.94. The van der Waals surface area contributed by atoms with E-state index in [-0.39, 0.29) is 0 Å². The Morgan fingerprint density at radius 1 is 1.25 bits per heavy atom. The Morgan fingerprint density at radius 3 is 2.80 bits per heavy atom. The van der Waals surface area contributed by atoms with Crippen LogP contribution in [-0.2, 0) is 6.61 Å². The maximum Gasteiger partial charge on any atom is 0.182 e. The maximum atomic E-state index is 5.94. The highest BCUT2D eigenvalue weighted by atomic mass is 32.1. The minimum absolute atomic E-state index is 0.579. The van der Waals surface area contributed by atoms with Crippen LogP contribution in [0, 0.1) is 20.8 Å². The standard InChI is InChI=1S/C16H22N2OS/c1-5-6-17-16-18-9-14(20-16)10-19-15-8-11(2)7-12(3)13(15)4/h7-9H,5-6,10H2,1-4H3,(H,17,18). The van der Waals surface area contributed by atoms with E-state index < -0.39 is 0 Å². The van der Waals surface area contributed by atoms with Gasteiger partial charge in [-0.15, -0.1) is 0 Å². The van der Waals surface area contributed by atoms with Crippen molar-refractivity contribution in [2.24, 2.45) is 0 Å². The van der Waals surface area contributed by atoms with E-state index in [1.54, 1.807) is 11.3 Å². The molecule has 2 rings (SSSR count). The summed E-state index contributed by atoms with van der Waals surface area (Å²) in [7, 11) is 0. The van der Waals surface area contributed by atoms with Crippen LogP contribution >= 0.6 is 11.3 Å². The monoisotopic (exact) mass is 290 g/mol. The Kier molecular flexibility index (Phi) is 5.01. The molecule has 1 aromatic carbocycles. The molecule has 1 N–H and O–H groups in total. The van der Waals surface area contributed by atoms with Crippen LogP contribution in [0.4, 0.5) is 5.13 Å². The average molecular weight is 290 g/mol. The molecule has 1 heterocycles. The van der Waals surface area contributed by atoms with Gasteiger partial charge in [-0.25, -0.2) is 4.98 Å². The summed E-state index contributed by atoms with van der Waals surface area (Å²) < 4.78 is 5.94. The van der Waals surface area contributed by atoms with Gasteiger partial charge in [0.15, 0.2) is 5.13 Å². The molecule has 0 aliphatic heterocycles. The van der Waals surface area contributed by atoms with Crippen LogP contribution in [0.15, 0.2) is 18.3 Å². The molecule has 0 unspecified atom stereocenters. The minimum atomic E-state index is 0.579. The molecular weight excluding hydrogens is 268 g/mol. The molecule has 2 aromatic rings. The number of thiazole rings is 1. The van der Waals surface area contributed by atoms with Gasteiger partial charge in [0.05, 0.1) is 4.88 Å². The van der Waals surface area contributed by atoms with Gasteiger partial charge >= 0.3 is 0 Å². The first-order chi connectivity index (χ1) is 9.60. The number of aryl methyl sites for hydroxylation is 2. The van der Waals surface area contributed by atoms with Crippen LogP contribution in [0.25, 0.3) is 0 Å². The lowest BCUT2D eigenvalue weighted by Crippen LogP contribution is -1.98. The Morgan fingerprint density at radius 2 is 2.05 bits per heavy atom. The van der Waals surface area contributed by atoms with Crippen LogP contribution in [0.3, 0.4) is 0 Å². The van der Waals surface area contributed by atoms with Gasteiger partial charge in [-0.1, -0.05) is 24.3 Å². The van der Waals surface area contributed by atoms with Gasteiger partial charge in [0, 0.05) is 12.7 Å². The first-order valence-electron chi connectivity index (χ1n) is 6.99. The lowest BCUT2D eigenvalue weighted by molar-refractivity contribution is 0.307. The Hall–Kier alpha value is -1.55. The molecule has 3 nitrogen and oxygen atoms in total. The fourth-order valence-corrected chi connectivity index (χ4v) is 2.74. The normalized spacial score (nSPS) is 10.6. The van der Waals surface area contributed by atoms with Crippen molar-refractivity contribution in [1.29, 1.82) is 0 Å². The second-order valence-electron chi connectivity index (χ2n) is 5.05. The van der Waals surface area contributed by atoms with E-state index in [0.29, 0.717) is 6.61 Å². The summed E-state index contributed by atoms with van der Waals surface area (Å²) in [6.07, 6.45) is 2.99. The van der Waals surface area contributed by atoms with E-state index in [2.05, 4.69) is 50.1 Å². The van der Waals surface area contributed by atoms with E-state index in [1.165, 1.54) is 16.7 Å². The molecule has 108 valence electrons. The molecular formula is C16H22N2OS. The van der Waals surface area contributed by atoms with Gasteiger partial charge in [0.25, 0.3) is 0 Å². The largest absolute Gasteiger partial charge is 0.488 e. The van der Waals surface area contributed by atoms with E-state index in [4.69, 9.17) is 4.74 Å². The van der Waals surface area contributed by atoms with Crippen LogP contribution < -0.4 is 10.1 Å². The summed E-state index contributed by atoms with van der Waals surface area (Å²) >= 11 is 1.66. The number of rotatable bonds is 6. The van der Waals surface area contributed by atoms with Crippen LogP contribution in [0.5, 0.6) is 5.75 Å². The quantitative estimate of drug-likeness (QED) is 0.852. The first kappa shape index (κ1) is 14.9. The van der Waals surface area contributed by atoms with Crippen LogP contribution in [0.1, 0.15) is 34.9 Å². The van der Waals surface area contributed by atoms with Crippen molar-refractivity contribution < 1.29 is 4.74 Å². The van der Waals surface area contributed by atoms with Crippen molar-refractivity contribution in [2.45, 2.75) is 40.7 Å². The summed E-state index contributed by atoms with van der Waals surface area (Å²) in [5, 5.41) is 4.27. The topological polar surface area (TPSA) is 34.2 Å². The number of nitrogens with one attached hydrogen (secondary N) is 1. The molecule has 0 bridgehead atoms. The predicted octanol–water partition coefficient (Wildman–Crippen LogP) is 4.47. The summed E-state index contributed by atoms with van der Waals surface area (Å²) in [6.45, 7) is 10.0. The van der Waals surface area contributed by atoms with Crippen LogP contribution in [-0.4, -0.2) is 11.5 Å². The molecule has 0 amide bonds. The van der Waals surface area contributed by atoms with Gasteiger partial charge in [-0.05, 0) is 49.9 Å². The second-order valence-corrected chi connectivity index (χ2v) is 6.17. The number of ether oxygens (including phenoxy) is 1. The van der Waals surface area contributed by atoms with Gasteiger partial charge in [0.2, 0.25) is 0 Å². The fraction of sp³-hybridized carbons (Fsp3) is 0.438. The lowest BCUT2D eigenvalue weighted by atomic mass is 10.1. The third-order valence-corrected chi connectivity index (χ3v) is 4.14. The Bertz CT molecular complexity index is 578. The molecule has 0 radical (unpaired) electrons. The van der Waals surface area contributed by atoms with Gasteiger partial charge in [0.1, 0.15) is 12.4 Å². The average Bonchev–Trinajstić information content (AvgIpc) is 2.86. The molecule has 0 fully saturated rings. The van der Waals surface area contributed by atoms with Gasteiger partial charge in [-0.3, -0.25) is 0 Å². The molecule has 20 heavy (non-hydrogen) atoms. The summed E-state index contributed by atoms with van der Waals surface area (Å²) in [5.41, 5.74) is 3.72. The minimum Gasteiger partial charge on any atom is -0.488 e. The molecule has 0 aliphatic carbocycles. The van der Waals surface area contributed by atoms with Crippen molar-refractivity contribution >= 4 is 16.5 Å². The van der Waals surface area contributed by atoms with Gasteiger partial charge in [-0.2, -0.15) is 0 Å². The Balaban J connectivity index is 2.00. The summed E-state index contributed by atoms with van der Waals surface area (Å²) in [4.78, 5) is 5.49. The van der Waals surface area contributed by atoms with E-state index in [0.717, 1.165) is 28.7 Å². The van der Waals surface area contributed by atoms with E-state index >= 15 is 0 Å². The number of aromatic nitrogens is 1. The zero-order valence-electron chi connectivity index (χ0n) is 12.6. The number of nitrogens with zero attached hydrogens (tertiary/aromatic N) is 1. The van der Waals surface area contributed by atoms with Crippen molar-refractivity contribution in [3.8, 4) is 5.75 Å². The van der Waals surface area contributed by atoms with Crippen molar-refractivity contribution in [3.63, 3.8) is 0 Å². The number of benzene rings is 1. The highest BCUT2D eigenvalue weighted by Gasteiger charge is 2.06. The lowest BCUT2D eigenvalue weighted by Gasteiger charge is -2.11. The summed E-state index contributed by atoms with van der Waals surface area (Å²) in [6, 6.07) is 4.28. The summed E-state index contributed by atoms with van der Waals surface area (Å²) in [5.74, 6) is 0.971. The molecule has 0 saturated carbocycles. The zero-order valence-corrected chi connectivity index (χ0v) is 13.4. The first-order valence-corrected chi connectivity index (χ1v) is 7.81. The molecule has 0 saturated heterocycles. The third kappa shape index (κ3) is 3.73. The van der Waals surface area contributed by atoms with Crippen molar-refractivity contribution in [1.82, 2.24) is 4.98 Å². The smallest absolute Gasteiger partial charge is 0.182 e. The third-order valence-electron chi connectivity index (χ3n) is 3.21. The molecule has 0 atom stereocenters. The van der Waals surface area contributed by atoms with Crippen molar-refractivity contribution in [2.75, 3.05) is 11.9 Å². The van der Waals surface area contributed by atoms with Crippen LogP contribution in [0.2, 0.25) is 0 Å². The SMILES string of the molecule is CCCNc1ncc(COc2cc(C)cc(C)c2C)s1. The molecule has 4 heteroatoms. The highest BCUT2D eigenvalue weighted by Crippen LogP contribution is 2.25. The van der Waals surface area contributed by atoms with Crippen molar-refractivity contribution in [3.05, 3.63) is 39.9 Å². The highest BCUT2D eigenvalue weighted by molar-refractivity contribution is 7.15.